The van der Waals surface area contributed by atoms with Crippen LogP contribution in [0.5, 0.6) is 0 Å². The molecule has 1 saturated heterocycles. The second-order valence-electron chi connectivity index (χ2n) is 4.71. The number of amides is 4. The van der Waals surface area contributed by atoms with Crippen molar-refractivity contribution in [3.8, 4) is 0 Å². The molecule has 1 saturated carbocycles. The summed E-state index contributed by atoms with van der Waals surface area (Å²) in [5, 5.41) is 2.03. The monoisotopic (exact) mass is 224 g/mol. The molecule has 0 aromatic carbocycles. The molecule has 0 spiro atoms. The zero-order chi connectivity index (χ0) is 11.8. The molecule has 2 fully saturated rings. The Balaban J connectivity index is 2.11. The topological polar surface area (TPSA) is 66.5 Å². The Hall–Kier alpha value is -1.39. The summed E-state index contributed by atoms with van der Waals surface area (Å²) in [6.45, 7) is 2.46. The summed E-state index contributed by atoms with van der Waals surface area (Å²) < 4.78 is 0. The van der Waals surface area contributed by atoms with Crippen molar-refractivity contribution >= 4 is 17.8 Å². The van der Waals surface area contributed by atoms with Crippen LogP contribution in [0.4, 0.5) is 4.79 Å². The Morgan fingerprint density at radius 2 is 1.88 bits per heavy atom. The molecular weight excluding hydrogens is 208 g/mol. The second-order valence-corrected chi connectivity index (χ2v) is 4.71. The molecule has 0 aromatic rings. The molecule has 1 aliphatic heterocycles. The van der Waals surface area contributed by atoms with Crippen LogP contribution >= 0.6 is 0 Å². The summed E-state index contributed by atoms with van der Waals surface area (Å²) >= 11 is 0. The number of carbonyl (C=O) groups is 3. The summed E-state index contributed by atoms with van der Waals surface area (Å²) in [5.74, 6) is -1.50. The lowest BCUT2D eigenvalue weighted by molar-refractivity contribution is -0.140. The van der Waals surface area contributed by atoms with E-state index < -0.39 is 17.8 Å². The lowest BCUT2D eigenvalue weighted by Crippen LogP contribution is -2.40. The normalized spacial score (nSPS) is 24.1. The predicted molar refractivity (Wildman–Crippen MR) is 56.4 cm³/mol. The Morgan fingerprint density at radius 1 is 1.25 bits per heavy atom. The van der Waals surface area contributed by atoms with E-state index in [4.69, 9.17) is 0 Å². The number of imide groups is 2. The first-order valence-corrected chi connectivity index (χ1v) is 5.75. The van der Waals surface area contributed by atoms with Crippen LogP contribution in [0.25, 0.3) is 0 Å². The third-order valence-corrected chi connectivity index (χ3v) is 3.81. The van der Waals surface area contributed by atoms with Gasteiger partial charge >= 0.3 is 17.8 Å². The van der Waals surface area contributed by atoms with Crippen LogP contribution in [-0.2, 0) is 9.59 Å². The highest BCUT2D eigenvalue weighted by molar-refractivity contribution is 6.44. The van der Waals surface area contributed by atoms with E-state index in [0.29, 0.717) is 6.54 Å². The summed E-state index contributed by atoms with van der Waals surface area (Å²) in [7, 11) is 0. The van der Waals surface area contributed by atoms with Gasteiger partial charge in [0.25, 0.3) is 0 Å². The molecule has 1 N–H and O–H groups in total. The molecule has 0 atom stereocenters. The van der Waals surface area contributed by atoms with Crippen molar-refractivity contribution < 1.29 is 14.4 Å². The van der Waals surface area contributed by atoms with Gasteiger partial charge in [-0.2, -0.15) is 0 Å². The van der Waals surface area contributed by atoms with Crippen molar-refractivity contribution in [3.63, 3.8) is 0 Å². The number of rotatable bonds is 3. The molecule has 5 heteroatoms. The van der Waals surface area contributed by atoms with Gasteiger partial charge in [0.05, 0.1) is 0 Å². The number of carbonyl (C=O) groups excluding carboxylic acids is 3. The van der Waals surface area contributed by atoms with Gasteiger partial charge < -0.3 is 0 Å². The first kappa shape index (κ1) is 11.1. The highest BCUT2D eigenvalue weighted by Crippen LogP contribution is 2.41. The van der Waals surface area contributed by atoms with Crippen LogP contribution in [0.3, 0.4) is 0 Å². The van der Waals surface area contributed by atoms with E-state index in [-0.39, 0.29) is 5.41 Å². The van der Waals surface area contributed by atoms with E-state index in [9.17, 15) is 14.4 Å². The molecule has 1 heterocycles. The molecular formula is C11H16N2O3. The van der Waals surface area contributed by atoms with Gasteiger partial charge in [-0.25, -0.2) is 4.79 Å². The van der Waals surface area contributed by atoms with Crippen LogP contribution in [0, 0.1) is 5.41 Å². The van der Waals surface area contributed by atoms with Gasteiger partial charge in [-0.05, 0) is 24.7 Å². The molecule has 0 aromatic heterocycles. The van der Waals surface area contributed by atoms with Crippen LogP contribution in [-0.4, -0.2) is 29.3 Å². The Labute approximate surface area is 94.2 Å². The van der Waals surface area contributed by atoms with Gasteiger partial charge in [-0.3, -0.25) is 19.8 Å². The molecule has 0 unspecified atom stereocenters. The van der Waals surface area contributed by atoms with Gasteiger partial charge in [0.15, 0.2) is 0 Å². The van der Waals surface area contributed by atoms with Gasteiger partial charge in [-0.15, -0.1) is 0 Å². The molecule has 2 rings (SSSR count). The van der Waals surface area contributed by atoms with Gasteiger partial charge in [0.1, 0.15) is 0 Å². The van der Waals surface area contributed by atoms with Crippen molar-refractivity contribution in [3.05, 3.63) is 0 Å². The number of urea groups is 1. The van der Waals surface area contributed by atoms with Crippen molar-refractivity contribution in [2.45, 2.75) is 39.0 Å². The fraction of sp³-hybridized carbons (Fsp3) is 0.727. The maximum absolute atomic E-state index is 11.5. The fourth-order valence-corrected chi connectivity index (χ4v) is 2.66. The first-order chi connectivity index (χ1) is 7.58. The second kappa shape index (κ2) is 3.88. The van der Waals surface area contributed by atoms with Crippen LogP contribution in [0.15, 0.2) is 0 Å². The van der Waals surface area contributed by atoms with E-state index in [2.05, 4.69) is 6.92 Å². The van der Waals surface area contributed by atoms with Crippen LogP contribution in [0.2, 0.25) is 0 Å². The zero-order valence-electron chi connectivity index (χ0n) is 9.41. The van der Waals surface area contributed by atoms with Crippen LogP contribution < -0.4 is 5.32 Å². The van der Waals surface area contributed by atoms with Crippen LogP contribution in [0.1, 0.15) is 39.0 Å². The molecule has 5 nitrogen and oxygen atoms in total. The molecule has 2 aliphatic rings. The Morgan fingerprint density at radius 3 is 2.31 bits per heavy atom. The average Bonchev–Trinajstić information content (AvgIpc) is 2.81. The van der Waals surface area contributed by atoms with Crippen molar-refractivity contribution in [1.29, 1.82) is 0 Å². The minimum Gasteiger partial charge on any atom is -0.269 e. The summed E-state index contributed by atoms with van der Waals surface area (Å²) in [6, 6.07) is -0.560. The molecule has 16 heavy (non-hydrogen) atoms. The summed E-state index contributed by atoms with van der Waals surface area (Å²) in [6.07, 6.45) is 5.30. The van der Waals surface area contributed by atoms with Crippen molar-refractivity contribution in [1.82, 2.24) is 10.2 Å². The summed E-state index contributed by atoms with van der Waals surface area (Å²) in [4.78, 5) is 35.0. The molecule has 0 radical (unpaired) electrons. The lowest BCUT2D eigenvalue weighted by atomic mass is 9.83. The lowest BCUT2D eigenvalue weighted by Gasteiger charge is -2.30. The highest BCUT2D eigenvalue weighted by Gasteiger charge is 2.43. The van der Waals surface area contributed by atoms with E-state index in [0.717, 1.165) is 37.0 Å². The number of hydrogen-bond acceptors (Lipinski definition) is 3. The predicted octanol–water partition coefficient (Wildman–Crippen LogP) is 1.04. The summed E-state index contributed by atoms with van der Waals surface area (Å²) in [5.41, 5.74) is 0.0393. The number of nitrogens with one attached hydrogen (secondary N) is 1. The van der Waals surface area contributed by atoms with Gasteiger partial charge in [0.2, 0.25) is 0 Å². The van der Waals surface area contributed by atoms with E-state index in [1.165, 1.54) is 0 Å². The van der Waals surface area contributed by atoms with E-state index in [1.807, 2.05) is 5.32 Å². The minimum atomic E-state index is -0.797. The highest BCUT2D eigenvalue weighted by atomic mass is 16.2. The third-order valence-electron chi connectivity index (χ3n) is 3.81. The standard InChI is InChI=1S/C11H16N2O3/c1-2-11(5-3-4-6-11)7-13-9(15)8(14)12-10(13)16/h2-7H2,1H3,(H,12,14,16). The van der Waals surface area contributed by atoms with Gasteiger partial charge in [-0.1, -0.05) is 19.8 Å². The maximum Gasteiger partial charge on any atom is 0.331 e. The minimum absolute atomic E-state index is 0.0393. The third kappa shape index (κ3) is 1.70. The zero-order valence-corrected chi connectivity index (χ0v) is 9.41. The smallest absolute Gasteiger partial charge is 0.269 e. The molecule has 1 aliphatic carbocycles. The quantitative estimate of drug-likeness (QED) is 0.575. The molecule has 0 bridgehead atoms. The first-order valence-electron chi connectivity index (χ1n) is 5.75. The maximum atomic E-state index is 11.5. The fourth-order valence-electron chi connectivity index (χ4n) is 2.66. The molecule has 88 valence electrons. The Kier molecular flexibility index (Phi) is 2.69. The average molecular weight is 224 g/mol. The van der Waals surface area contributed by atoms with E-state index >= 15 is 0 Å². The van der Waals surface area contributed by atoms with E-state index in [1.54, 1.807) is 0 Å². The SMILES string of the molecule is CCC1(CN2C(=O)NC(=O)C2=O)CCCC1. The number of hydrogen-bond donors (Lipinski definition) is 1. The Bertz CT molecular complexity index is 345. The number of nitrogens with zero attached hydrogens (tertiary/aromatic N) is 1. The van der Waals surface area contributed by atoms with Crippen molar-refractivity contribution in [2.24, 2.45) is 5.41 Å². The van der Waals surface area contributed by atoms with Gasteiger partial charge in [0, 0.05) is 6.54 Å². The van der Waals surface area contributed by atoms with Crippen molar-refractivity contribution in [2.75, 3.05) is 6.54 Å². The molecule has 4 amide bonds. The largest absolute Gasteiger partial charge is 0.331 e.